The first-order valence-electron chi connectivity index (χ1n) is 13.5. The van der Waals surface area contributed by atoms with Crippen LogP contribution in [0, 0.1) is 6.92 Å². The van der Waals surface area contributed by atoms with Crippen LogP contribution in [0.1, 0.15) is 31.8 Å². The number of carbonyl (C=O) groups excluding carboxylic acids is 2. The van der Waals surface area contributed by atoms with E-state index in [2.05, 4.69) is 25.9 Å². The molecule has 218 valence electrons. The summed E-state index contributed by atoms with van der Waals surface area (Å²) in [6, 6.07) is 25.1. The van der Waals surface area contributed by atoms with Crippen molar-refractivity contribution < 1.29 is 23.8 Å². The van der Waals surface area contributed by atoms with Gasteiger partial charge in [0.05, 0.1) is 26.8 Å². The zero-order valence-electron chi connectivity index (χ0n) is 24.2. The number of aromatic nitrogens is 2. The van der Waals surface area contributed by atoms with Crippen molar-refractivity contribution >= 4 is 40.2 Å². The van der Waals surface area contributed by atoms with Crippen molar-refractivity contribution in [3.63, 3.8) is 0 Å². The summed E-state index contributed by atoms with van der Waals surface area (Å²) < 4.78 is 16.4. The number of nitrogens with one attached hydrogen (secondary N) is 3. The van der Waals surface area contributed by atoms with Gasteiger partial charge in [-0.05, 0) is 48.4 Å². The number of fused-ring (bicyclic) bond motifs is 1. The molecule has 0 saturated heterocycles. The molecular formula is C33H31N5O5. The number of carbonyl (C=O) groups is 2. The smallest absolute Gasteiger partial charge is 0.258 e. The van der Waals surface area contributed by atoms with Crippen molar-refractivity contribution in [2.45, 2.75) is 13.5 Å². The third-order valence-electron chi connectivity index (χ3n) is 6.91. The van der Waals surface area contributed by atoms with Crippen molar-refractivity contribution in [1.82, 2.24) is 9.97 Å². The van der Waals surface area contributed by atoms with Gasteiger partial charge in [-0.3, -0.25) is 14.9 Å². The Labute approximate surface area is 249 Å². The van der Waals surface area contributed by atoms with Gasteiger partial charge in [0.2, 0.25) is 11.7 Å². The van der Waals surface area contributed by atoms with Crippen molar-refractivity contribution in [1.29, 1.82) is 0 Å². The second kappa shape index (κ2) is 12.9. The van der Waals surface area contributed by atoms with Gasteiger partial charge in [-0.25, -0.2) is 4.98 Å². The Kier molecular flexibility index (Phi) is 8.66. The lowest BCUT2D eigenvalue weighted by atomic mass is 10.0. The van der Waals surface area contributed by atoms with Gasteiger partial charge in [0.25, 0.3) is 11.8 Å². The van der Waals surface area contributed by atoms with E-state index in [0.717, 1.165) is 16.8 Å². The van der Waals surface area contributed by atoms with Crippen molar-refractivity contribution in [3.8, 4) is 17.2 Å². The first-order valence-corrected chi connectivity index (χ1v) is 13.5. The standard InChI is InChI=1S/C33H31N5O5/c1-20-23(19-34-24-17-26(41-2)29(43-4)27(18-24)42-3)15-16-25-28(20)30(36-31(39)21-11-7-5-8-12-21)37-33(35-25)38-32(40)22-13-9-6-10-14-22/h5-18,34H,19H2,1-4H3,(H2,35,36,37,38,39,40). The summed E-state index contributed by atoms with van der Waals surface area (Å²) in [5, 5.41) is 9.75. The van der Waals surface area contributed by atoms with Gasteiger partial charge < -0.3 is 24.8 Å². The number of nitrogens with zero attached hydrogens (tertiary/aromatic N) is 2. The molecule has 10 heteroatoms. The van der Waals surface area contributed by atoms with Gasteiger partial charge in [0.15, 0.2) is 11.5 Å². The molecule has 10 nitrogen and oxygen atoms in total. The summed E-state index contributed by atoms with van der Waals surface area (Å²) in [6.45, 7) is 2.39. The van der Waals surface area contributed by atoms with E-state index in [4.69, 9.17) is 14.2 Å². The lowest BCUT2D eigenvalue weighted by Crippen LogP contribution is -2.18. The fourth-order valence-corrected chi connectivity index (χ4v) is 4.68. The van der Waals surface area contributed by atoms with Crippen LogP contribution in [0.2, 0.25) is 0 Å². The molecule has 0 saturated carbocycles. The Balaban J connectivity index is 1.50. The molecular weight excluding hydrogens is 546 g/mol. The third kappa shape index (κ3) is 6.33. The van der Waals surface area contributed by atoms with Gasteiger partial charge in [0.1, 0.15) is 5.82 Å². The number of benzene rings is 4. The van der Waals surface area contributed by atoms with E-state index < -0.39 is 0 Å². The fourth-order valence-electron chi connectivity index (χ4n) is 4.68. The summed E-state index contributed by atoms with van der Waals surface area (Å²) in [5.74, 6) is 1.24. The average molecular weight is 578 g/mol. The highest BCUT2D eigenvalue weighted by Crippen LogP contribution is 2.40. The fraction of sp³-hybridized carbons (Fsp3) is 0.152. The largest absolute Gasteiger partial charge is 0.493 e. The van der Waals surface area contributed by atoms with Gasteiger partial charge in [-0.15, -0.1) is 0 Å². The summed E-state index contributed by atoms with van der Waals surface area (Å²) >= 11 is 0. The molecule has 1 aromatic heterocycles. The third-order valence-corrected chi connectivity index (χ3v) is 6.91. The topological polar surface area (TPSA) is 124 Å². The Morgan fingerprint density at radius 3 is 1.86 bits per heavy atom. The molecule has 1 heterocycles. The zero-order chi connectivity index (χ0) is 30.3. The van der Waals surface area contributed by atoms with E-state index in [0.29, 0.717) is 45.8 Å². The quantitative estimate of drug-likeness (QED) is 0.182. The lowest BCUT2D eigenvalue weighted by Gasteiger charge is -2.17. The maximum absolute atomic E-state index is 13.2. The van der Waals surface area contributed by atoms with Crippen LogP contribution in [0.15, 0.2) is 84.9 Å². The van der Waals surface area contributed by atoms with Gasteiger partial charge in [-0.1, -0.05) is 42.5 Å². The minimum atomic E-state index is -0.358. The van der Waals surface area contributed by atoms with Crippen molar-refractivity contribution in [2.75, 3.05) is 37.3 Å². The summed E-state index contributed by atoms with van der Waals surface area (Å²) in [5.41, 5.74) is 4.08. The molecule has 43 heavy (non-hydrogen) atoms. The number of rotatable bonds is 10. The van der Waals surface area contributed by atoms with Crippen LogP contribution >= 0.6 is 0 Å². The van der Waals surface area contributed by atoms with Crippen LogP contribution in [0.3, 0.4) is 0 Å². The number of methoxy groups -OCH3 is 3. The van der Waals surface area contributed by atoms with Gasteiger partial charge >= 0.3 is 0 Å². The molecule has 0 aliphatic rings. The van der Waals surface area contributed by atoms with Crippen LogP contribution in [0.4, 0.5) is 17.5 Å². The highest BCUT2D eigenvalue weighted by Gasteiger charge is 2.18. The molecule has 4 aromatic carbocycles. The minimum absolute atomic E-state index is 0.0763. The monoisotopic (exact) mass is 577 g/mol. The van der Waals surface area contributed by atoms with Crippen LogP contribution in [0.25, 0.3) is 10.9 Å². The van der Waals surface area contributed by atoms with E-state index in [1.54, 1.807) is 69.9 Å². The molecule has 0 radical (unpaired) electrons. The molecule has 2 amide bonds. The molecule has 3 N–H and O–H groups in total. The van der Waals surface area contributed by atoms with Crippen molar-refractivity contribution in [2.24, 2.45) is 0 Å². The zero-order valence-corrected chi connectivity index (χ0v) is 24.2. The number of anilines is 3. The van der Waals surface area contributed by atoms with E-state index >= 15 is 0 Å². The number of amides is 2. The Bertz CT molecular complexity index is 1750. The van der Waals surface area contributed by atoms with E-state index in [1.165, 1.54) is 0 Å². The SMILES string of the molecule is COc1cc(NCc2ccc3nc(NC(=O)c4ccccc4)nc(NC(=O)c4ccccc4)c3c2C)cc(OC)c1OC. The Morgan fingerprint density at radius 2 is 1.30 bits per heavy atom. The molecule has 0 atom stereocenters. The molecule has 0 unspecified atom stereocenters. The van der Waals surface area contributed by atoms with Crippen LogP contribution in [-0.4, -0.2) is 43.1 Å². The average Bonchev–Trinajstić information content (AvgIpc) is 3.04. The van der Waals surface area contributed by atoms with Gasteiger partial charge in [0, 0.05) is 40.9 Å². The first kappa shape index (κ1) is 28.9. The predicted octanol–water partition coefficient (Wildman–Crippen LogP) is 6.08. The molecule has 0 fully saturated rings. The summed E-state index contributed by atoms with van der Waals surface area (Å²) in [4.78, 5) is 35.2. The maximum Gasteiger partial charge on any atom is 0.258 e. The van der Waals surface area contributed by atoms with Crippen LogP contribution in [-0.2, 0) is 6.54 Å². The number of aryl methyl sites for hydroxylation is 1. The Morgan fingerprint density at radius 1 is 0.721 bits per heavy atom. The minimum Gasteiger partial charge on any atom is -0.493 e. The molecule has 0 spiro atoms. The Hall–Kier alpha value is -5.64. The van der Waals surface area contributed by atoms with Crippen LogP contribution < -0.4 is 30.2 Å². The van der Waals surface area contributed by atoms with Crippen LogP contribution in [0.5, 0.6) is 17.2 Å². The lowest BCUT2D eigenvalue weighted by molar-refractivity contribution is 0.101. The molecule has 5 rings (SSSR count). The predicted molar refractivity (Wildman–Crippen MR) is 166 cm³/mol. The number of ether oxygens (including phenoxy) is 3. The molecule has 0 aliphatic carbocycles. The first-order chi connectivity index (χ1) is 20.9. The molecule has 5 aromatic rings. The second-order valence-electron chi connectivity index (χ2n) is 9.55. The van der Waals surface area contributed by atoms with E-state index in [9.17, 15) is 9.59 Å². The summed E-state index contributed by atoms with van der Waals surface area (Å²) in [7, 11) is 4.69. The van der Waals surface area contributed by atoms with Gasteiger partial charge in [-0.2, -0.15) is 4.98 Å². The van der Waals surface area contributed by atoms with E-state index in [-0.39, 0.29) is 23.6 Å². The molecule has 0 bridgehead atoms. The second-order valence-corrected chi connectivity index (χ2v) is 9.55. The maximum atomic E-state index is 13.2. The molecule has 0 aliphatic heterocycles. The summed E-state index contributed by atoms with van der Waals surface area (Å²) in [6.07, 6.45) is 0. The van der Waals surface area contributed by atoms with E-state index in [1.807, 2.05) is 43.3 Å². The number of hydrogen-bond acceptors (Lipinski definition) is 8. The number of hydrogen-bond donors (Lipinski definition) is 3. The normalized spacial score (nSPS) is 10.6. The van der Waals surface area contributed by atoms with Crippen molar-refractivity contribution in [3.05, 3.63) is 107 Å². The highest BCUT2D eigenvalue weighted by atomic mass is 16.5. The highest BCUT2D eigenvalue weighted by molar-refractivity contribution is 6.09.